The van der Waals surface area contributed by atoms with Gasteiger partial charge in [0.2, 0.25) is 15.9 Å². The highest BCUT2D eigenvalue weighted by Gasteiger charge is 2.17. The number of unbranched alkanes of at least 4 members (excludes halogenated alkanes) is 1. The Labute approximate surface area is 137 Å². The summed E-state index contributed by atoms with van der Waals surface area (Å²) in [4.78, 5) is 11.7. The maximum absolute atomic E-state index is 12.9. The third-order valence-corrected chi connectivity index (χ3v) is 4.78. The molecule has 0 unspecified atom stereocenters. The number of hydrogen-bond donors (Lipinski definition) is 1. The smallest absolute Gasteiger partial charge is 0.221 e. The Kier molecular flexibility index (Phi) is 8.19. The maximum Gasteiger partial charge on any atom is 0.221 e. The largest absolute Gasteiger partial charge is 0.356 e. The minimum Gasteiger partial charge on any atom is -0.356 e. The summed E-state index contributed by atoms with van der Waals surface area (Å²) in [6.07, 6.45) is 3.65. The van der Waals surface area contributed by atoms with Crippen molar-refractivity contribution in [3.63, 3.8) is 0 Å². The molecule has 0 aromatic heterocycles. The first-order chi connectivity index (χ1) is 10.8. The Morgan fingerprint density at radius 2 is 1.87 bits per heavy atom. The summed E-state index contributed by atoms with van der Waals surface area (Å²) in [5.74, 6) is -0.466. The van der Waals surface area contributed by atoms with E-state index in [-0.39, 0.29) is 31.2 Å². The minimum atomic E-state index is -3.38. The molecule has 0 aliphatic rings. The zero-order valence-corrected chi connectivity index (χ0v) is 14.5. The highest BCUT2D eigenvalue weighted by Crippen LogP contribution is 2.07. The van der Waals surface area contributed by atoms with Crippen LogP contribution in [0.15, 0.2) is 24.3 Å². The summed E-state index contributed by atoms with van der Waals surface area (Å²) >= 11 is 0. The van der Waals surface area contributed by atoms with Crippen molar-refractivity contribution < 1.29 is 17.6 Å². The molecule has 0 heterocycles. The number of amides is 1. The first kappa shape index (κ1) is 19.6. The van der Waals surface area contributed by atoms with Gasteiger partial charge >= 0.3 is 0 Å². The number of halogens is 1. The van der Waals surface area contributed by atoms with Gasteiger partial charge in [-0.1, -0.05) is 25.5 Å². The fraction of sp³-hybridized carbons (Fsp3) is 0.562. The Morgan fingerprint density at radius 3 is 2.43 bits per heavy atom. The molecule has 0 saturated heterocycles. The van der Waals surface area contributed by atoms with Crippen molar-refractivity contribution in [3.8, 4) is 0 Å². The molecule has 0 aliphatic carbocycles. The molecule has 1 amide bonds. The van der Waals surface area contributed by atoms with Crippen LogP contribution in [-0.2, 0) is 21.2 Å². The van der Waals surface area contributed by atoms with Crippen LogP contribution < -0.4 is 5.32 Å². The molecule has 1 N–H and O–H groups in total. The molecule has 1 aromatic carbocycles. The first-order valence-electron chi connectivity index (χ1n) is 7.79. The van der Waals surface area contributed by atoms with Gasteiger partial charge in [0.25, 0.3) is 0 Å². The van der Waals surface area contributed by atoms with E-state index in [1.807, 2.05) is 6.92 Å². The van der Waals surface area contributed by atoms with Crippen LogP contribution in [0.2, 0.25) is 0 Å². The van der Waals surface area contributed by atoms with E-state index in [1.54, 1.807) is 12.1 Å². The van der Waals surface area contributed by atoms with Gasteiger partial charge in [-0.15, -0.1) is 0 Å². The SMILES string of the molecule is CCCCNC(=O)CCN(CCc1ccc(F)cc1)S(C)(=O)=O. The number of carbonyl (C=O) groups excluding carboxylic acids is 1. The minimum absolute atomic E-state index is 0.139. The van der Waals surface area contributed by atoms with Gasteiger partial charge in [-0.3, -0.25) is 4.79 Å². The van der Waals surface area contributed by atoms with Crippen LogP contribution >= 0.6 is 0 Å². The second kappa shape index (κ2) is 9.62. The molecule has 130 valence electrons. The summed E-state index contributed by atoms with van der Waals surface area (Å²) in [5, 5.41) is 2.77. The lowest BCUT2D eigenvalue weighted by Crippen LogP contribution is -2.36. The van der Waals surface area contributed by atoms with E-state index in [1.165, 1.54) is 16.4 Å². The average Bonchev–Trinajstić information content (AvgIpc) is 2.48. The molecule has 7 heteroatoms. The first-order valence-corrected chi connectivity index (χ1v) is 9.64. The molecule has 0 saturated carbocycles. The molecule has 1 aromatic rings. The van der Waals surface area contributed by atoms with Crippen molar-refractivity contribution in [2.24, 2.45) is 0 Å². The van der Waals surface area contributed by atoms with Crippen molar-refractivity contribution >= 4 is 15.9 Å². The zero-order valence-electron chi connectivity index (χ0n) is 13.7. The van der Waals surface area contributed by atoms with Gasteiger partial charge in [0.15, 0.2) is 0 Å². The number of carbonyl (C=O) groups is 1. The van der Waals surface area contributed by atoms with E-state index in [4.69, 9.17) is 0 Å². The van der Waals surface area contributed by atoms with Gasteiger partial charge in [-0.25, -0.2) is 17.1 Å². The van der Waals surface area contributed by atoms with Crippen LogP contribution in [-0.4, -0.2) is 44.5 Å². The quantitative estimate of drug-likeness (QED) is 0.660. The van der Waals surface area contributed by atoms with E-state index in [0.29, 0.717) is 13.0 Å². The molecule has 0 atom stereocenters. The highest BCUT2D eigenvalue weighted by atomic mass is 32.2. The van der Waals surface area contributed by atoms with Gasteiger partial charge in [-0.2, -0.15) is 0 Å². The van der Waals surface area contributed by atoms with Gasteiger partial charge < -0.3 is 5.32 Å². The Balaban J connectivity index is 2.50. The van der Waals surface area contributed by atoms with Crippen molar-refractivity contribution in [2.75, 3.05) is 25.9 Å². The van der Waals surface area contributed by atoms with Crippen LogP contribution in [0.3, 0.4) is 0 Å². The topological polar surface area (TPSA) is 66.5 Å². The number of nitrogens with one attached hydrogen (secondary N) is 1. The summed E-state index contributed by atoms with van der Waals surface area (Å²) in [5.41, 5.74) is 0.854. The van der Waals surface area contributed by atoms with Gasteiger partial charge in [0.1, 0.15) is 5.82 Å². The van der Waals surface area contributed by atoms with Crippen LogP contribution in [0.5, 0.6) is 0 Å². The monoisotopic (exact) mass is 344 g/mol. The Hall–Kier alpha value is -1.47. The highest BCUT2D eigenvalue weighted by molar-refractivity contribution is 7.88. The second-order valence-corrected chi connectivity index (χ2v) is 7.47. The van der Waals surface area contributed by atoms with Crippen molar-refractivity contribution in [1.29, 1.82) is 0 Å². The van der Waals surface area contributed by atoms with E-state index in [0.717, 1.165) is 24.7 Å². The van der Waals surface area contributed by atoms with Crippen LogP contribution in [0.4, 0.5) is 4.39 Å². The number of hydrogen-bond acceptors (Lipinski definition) is 3. The number of benzene rings is 1. The Bertz CT molecular complexity index is 588. The maximum atomic E-state index is 12.9. The van der Waals surface area contributed by atoms with Crippen molar-refractivity contribution in [2.45, 2.75) is 32.6 Å². The van der Waals surface area contributed by atoms with Crippen molar-refractivity contribution in [1.82, 2.24) is 9.62 Å². The molecule has 0 spiro atoms. The standard InChI is InChI=1S/C16H25FN2O3S/c1-3-4-11-18-16(20)10-13-19(23(2,21)22)12-9-14-5-7-15(17)8-6-14/h5-8H,3-4,9-13H2,1-2H3,(H,18,20). The van der Waals surface area contributed by atoms with Crippen LogP contribution in [0, 0.1) is 5.82 Å². The van der Waals surface area contributed by atoms with Gasteiger partial charge in [-0.05, 0) is 30.5 Å². The summed E-state index contributed by atoms with van der Waals surface area (Å²) < 4.78 is 37.8. The number of rotatable bonds is 10. The van der Waals surface area contributed by atoms with Gasteiger partial charge in [0, 0.05) is 26.1 Å². The van der Waals surface area contributed by atoms with E-state index >= 15 is 0 Å². The molecule has 0 aliphatic heterocycles. The third-order valence-electron chi connectivity index (χ3n) is 3.47. The van der Waals surface area contributed by atoms with Crippen LogP contribution in [0.1, 0.15) is 31.7 Å². The predicted octanol–water partition coefficient (Wildman–Crippen LogP) is 1.94. The fourth-order valence-electron chi connectivity index (χ4n) is 2.07. The lowest BCUT2D eigenvalue weighted by Gasteiger charge is -2.19. The molecule has 23 heavy (non-hydrogen) atoms. The van der Waals surface area contributed by atoms with E-state index in [9.17, 15) is 17.6 Å². The molecule has 0 fully saturated rings. The zero-order chi connectivity index (χ0) is 17.3. The molecular weight excluding hydrogens is 319 g/mol. The molecular formula is C16H25FN2O3S. The van der Waals surface area contributed by atoms with Crippen molar-refractivity contribution in [3.05, 3.63) is 35.6 Å². The van der Waals surface area contributed by atoms with E-state index in [2.05, 4.69) is 5.32 Å². The van der Waals surface area contributed by atoms with Gasteiger partial charge in [0.05, 0.1) is 6.26 Å². The molecule has 0 bridgehead atoms. The van der Waals surface area contributed by atoms with Crippen LogP contribution in [0.25, 0.3) is 0 Å². The summed E-state index contributed by atoms with van der Waals surface area (Å²) in [6.45, 7) is 3.07. The summed E-state index contributed by atoms with van der Waals surface area (Å²) in [6, 6.07) is 5.96. The third kappa shape index (κ3) is 8.08. The predicted molar refractivity (Wildman–Crippen MR) is 89.1 cm³/mol. The lowest BCUT2D eigenvalue weighted by atomic mass is 10.1. The molecule has 5 nitrogen and oxygen atoms in total. The average molecular weight is 344 g/mol. The second-order valence-electron chi connectivity index (χ2n) is 5.49. The fourth-order valence-corrected chi connectivity index (χ4v) is 2.91. The normalized spacial score (nSPS) is 11.7. The van der Waals surface area contributed by atoms with E-state index < -0.39 is 10.0 Å². The lowest BCUT2D eigenvalue weighted by molar-refractivity contribution is -0.121. The summed E-state index contributed by atoms with van der Waals surface area (Å²) in [7, 11) is -3.38. The Morgan fingerprint density at radius 1 is 1.22 bits per heavy atom. The number of nitrogens with zero attached hydrogens (tertiary/aromatic N) is 1. The molecule has 1 rings (SSSR count). The molecule has 0 radical (unpaired) electrons. The number of sulfonamides is 1.